The summed E-state index contributed by atoms with van der Waals surface area (Å²) in [6.07, 6.45) is 1.08. The molecule has 0 fully saturated rings. The molecule has 1 aromatic carbocycles. The fourth-order valence-electron chi connectivity index (χ4n) is 2.19. The van der Waals surface area contributed by atoms with E-state index in [9.17, 15) is 0 Å². The van der Waals surface area contributed by atoms with Crippen LogP contribution in [0.2, 0.25) is 0 Å². The maximum atomic E-state index is 5.55. The van der Waals surface area contributed by atoms with Gasteiger partial charge in [0.1, 0.15) is 11.5 Å². The van der Waals surface area contributed by atoms with Crippen molar-refractivity contribution in [3.8, 4) is 11.5 Å². The standard InChI is InChI=1S/C16H20BrNO2S/c1-4-9-18-16(14-7-8-15(17)21-14)12-6-5-11(19-2)10-13(12)20-3/h5-8,10,16,18H,4,9H2,1-3H3. The van der Waals surface area contributed by atoms with Gasteiger partial charge < -0.3 is 14.8 Å². The van der Waals surface area contributed by atoms with Crippen LogP contribution in [-0.4, -0.2) is 20.8 Å². The molecule has 0 bridgehead atoms. The fourth-order valence-corrected chi connectivity index (χ4v) is 3.71. The lowest BCUT2D eigenvalue weighted by molar-refractivity contribution is 0.387. The molecule has 0 amide bonds. The summed E-state index contributed by atoms with van der Waals surface area (Å²) in [5.74, 6) is 1.64. The van der Waals surface area contributed by atoms with Gasteiger partial charge in [0.2, 0.25) is 0 Å². The molecule has 0 aliphatic heterocycles. The van der Waals surface area contributed by atoms with Gasteiger partial charge in [-0.15, -0.1) is 11.3 Å². The van der Waals surface area contributed by atoms with Gasteiger partial charge in [-0.25, -0.2) is 0 Å². The molecule has 5 heteroatoms. The fraction of sp³-hybridized carbons (Fsp3) is 0.375. The zero-order valence-electron chi connectivity index (χ0n) is 12.5. The largest absolute Gasteiger partial charge is 0.497 e. The van der Waals surface area contributed by atoms with Crippen molar-refractivity contribution in [2.24, 2.45) is 0 Å². The van der Waals surface area contributed by atoms with Crippen molar-refractivity contribution in [3.63, 3.8) is 0 Å². The van der Waals surface area contributed by atoms with Gasteiger partial charge in [0.25, 0.3) is 0 Å². The lowest BCUT2D eigenvalue weighted by Crippen LogP contribution is -2.22. The molecule has 0 radical (unpaired) electrons. The quantitative estimate of drug-likeness (QED) is 0.772. The number of hydrogen-bond acceptors (Lipinski definition) is 4. The number of nitrogens with one attached hydrogen (secondary N) is 1. The first-order chi connectivity index (χ1) is 10.2. The van der Waals surface area contributed by atoms with Gasteiger partial charge in [0.15, 0.2) is 0 Å². The molecule has 2 rings (SSSR count). The third-order valence-electron chi connectivity index (χ3n) is 3.23. The Kier molecular flexibility index (Phi) is 6.08. The van der Waals surface area contributed by atoms with Crippen molar-refractivity contribution in [1.29, 1.82) is 0 Å². The van der Waals surface area contributed by atoms with E-state index in [4.69, 9.17) is 9.47 Å². The second-order valence-electron chi connectivity index (χ2n) is 4.64. The van der Waals surface area contributed by atoms with Crippen LogP contribution in [0, 0.1) is 0 Å². The molecule has 1 aromatic heterocycles. The minimum Gasteiger partial charge on any atom is -0.497 e. The summed E-state index contributed by atoms with van der Waals surface area (Å²) in [5, 5.41) is 3.60. The van der Waals surface area contributed by atoms with E-state index >= 15 is 0 Å². The Bertz CT molecular complexity index is 585. The number of hydrogen-bond donors (Lipinski definition) is 1. The molecule has 0 aliphatic carbocycles. The Balaban J connectivity index is 2.40. The lowest BCUT2D eigenvalue weighted by atomic mass is 10.0. The molecular weight excluding hydrogens is 350 g/mol. The van der Waals surface area contributed by atoms with E-state index in [2.05, 4.69) is 46.4 Å². The maximum absolute atomic E-state index is 5.55. The van der Waals surface area contributed by atoms with Crippen LogP contribution in [0.15, 0.2) is 34.1 Å². The summed E-state index contributed by atoms with van der Waals surface area (Å²) < 4.78 is 12.0. The molecular formula is C16H20BrNO2S. The van der Waals surface area contributed by atoms with Crippen LogP contribution < -0.4 is 14.8 Å². The van der Waals surface area contributed by atoms with Gasteiger partial charge >= 0.3 is 0 Å². The van der Waals surface area contributed by atoms with Crippen molar-refractivity contribution in [1.82, 2.24) is 5.32 Å². The number of thiophene rings is 1. The Labute approximate surface area is 138 Å². The summed E-state index contributed by atoms with van der Waals surface area (Å²) in [6, 6.07) is 10.3. The van der Waals surface area contributed by atoms with Crippen LogP contribution in [0.5, 0.6) is 11.5 Å². The van der Waals surface area contributed by atoms with E-state index in [1.165, 1.54) is 4.88 Å². The Morgan fingerprint density at radius 3 is 2.57 bits per heavy atom. The van der Waals surface area contributed by atoms with E-state index in [-0.39, 0.29) is 6.04 Å². The molecule has 0 saturated carbocycles. The van der Waals surface area contributed by atoms with Crippen LogP contribution >= 0.6 is 27.3 Å². The van der Waals surface area contributed by atoms with Crippen LogP contribution in [0.25, 0.3) is 0 Å². The Morgan fingerprint density at radius 2 is 2.00 bits per heavy atom. The summed E-state index contributed by atoms with van der Waals surface area (Å²) in [7, 11) is 3.36. The predicted molar refractivity (Wildman–Crippen MR) is 91.7 cm³/mol. The molecule has 1 heterocycles. The molecule has 0 spiro atoms. The smallest absolute Gasteiger partial charge is 0.127 e. The molecule has 21 heavy (non-hydrogen) atoms. The van der Waals surface area contributed by atoms with Crippen molar-refractivity contribution in [3.05, 3.63) is 44.6 Å². The van der Waals surface area contributed by atoms with Gasteiger partial charge in [-0.2, -0.15) is 0 Å². The van der Waals surface area contributed by atoms with Crippen LogP contribution in [0.3, 0.4) is 0 Å². The minimum atomic E-state index is 0.127. The zero-order valence-corrected chi connectivity index (χ0v) is 14.9. The second kappa shape index (κ2) is 7.82. The van der Waals surface area contributed by atoms with Gasteiger partial charge in [-0.1, -0.05) is 6.92 Å². The minimum absolute atomic E-state index is 0.127. The number of benzene rings is 1. The van der Waals surface area contributed by atoms with Gasteiger partial charge in [-0.3, -0.25) is 0 Å². The summed E-state index contributed by atoms with van der Waals surface area (Å²) in [4.78, 5) is 1.26. The van der Waals surface area contributed by atoms with Crippen LogP contribution in [0.1, 0.15) is 29.8 Å². The zero-order chi connectivity index (χ0) is 15.2. The molecule has 1 unspecified atom stereocenters. The first-order valence-corrected chi connectivity index (χ1v) is 8.51. The molecule has 1 N–H and O–H groups in total. The average Bonchev–Trinajstić information content (AvgIpc) is 2.94. The molecule has 1 atom stereocenters. The number of ether oxygens (including phenoxy) is 2. The van der Waals surface area contributed by atoms with Crippen molar-refractivity contribution >= 4 is 27.3 Å². The lowest BCUT2D eigenvalue weighted by Gasteiger charge is -2.20. The van der Waals surface area contributed by atoms with E-state index in [1.807, 2.05) is 12.1 Å². The van der Waals surface area contributed by atoms with E-state index in [0.29, 0.717) is 0 Å². The Hall–Kier alpha value is -1.04. The highest BCUT2D eigenvalue weighted by molar-refractivity contribution is 9.11. The molecule has 114 valence electrons. The molecule has 0 saturated heterocycles. The maximum Gasteiger partial charge on any atom is 0.127 e. The summed E-state index contributed by atoms with van der Waals surface area (Å²) >= 11 is 5.28. The van der Waals surface area contributed by atoms with Gasteiger partial charge in [0, 0.05) is 16.5 Å². The third-order valence-corrected chi connectivity index (χ3v) is 4.92. The molecule has 3 nitrogen and oxygen atoms in total. The highest BCUT2D eigenvalue weighted by Crippen LogP contribution is 2.36. The van der Waals surface area contributed by atoms with Crippen LogP contribution in [0.4, 0.5) is 0 Å². The molecule has 2 aromatic rings. The highest BCUT2D eigenvalue weighted by Gasteiger charge is 2.19. The number of rotatable bonds is 7. The third kappa shape index (κ3) is 3.99. The van der Waals surface area contributed by atoms with Crippen molar-refractivity contribution in [2.45, 2.75) is 19.4 Å². The normalized spacial score (nSPS) is 12.2. The van der Waals surface area contributed by atoms with E-state index < -0.39 is 0 Å². The number of methoxy groups -OCH3 is 2. The Morgan fingerprint density at radius 1 is 1.19 bits per heavy atom. The van der Waals surface area contributed by atoms with E-state index in [1.54, 1.807) is 25.6 Å². The first-order valence-electron chi connectivity index (χ1n) is 6.90. The van der Waals surface area contributed by atoms with Crippen molar-refractivity contribution in [2.75, 3.05) is 20.8 Å². The first kappa shape index (κ1) is 16.3. The second-order valence-corrected chi connectivity index (χ2v) is 7.13. The predicted octanol–water partition coefficient (Wildman–Crippen LogP) is 4.62. The van der Waals surface area contributed by atoms with Crippen molar-refractivity contribution < 1.29 is 9.47 Å². The monoisotopic (exact) mass is 369 g/mol. The average molecular weight is 370 g/mol. The number of halogens is 1. The van der Waals surface area contributed by atoms with Crippen LogP contribution in [-0.2, 0) is 0 Å². The summed E-state index contributed by atoms with van der Waals surface area (Å²) in [5.41, 5.74) is 1.13. The van der Waals surface area contributed by atoms with E-state index in [0.717, 1.165) is 33.8 Å². The topological polar surface area (TPSA) is 30.5 Å². The highest BCUT2D eigenvalue weighted by atomic mass is 79.9. The van der Waals surface area contributed by atoms with Gasteiger partial charge in [-0.05, 0) is 53.2 Å². The molecule has 0 aliphatic rings. The SMILES string of the molecule is CCCNC(c1ccc(Br)s1)c1ccc(OC)cc1OC. The summed E-state index contributed by atoms with van der Waals surface area (Å²) in [6.45, 7) is 3.12. The van der Waals surface area contributed by atoms with Gasteiger partial charge in [0.05, 0.1) is 24.0 Å².